The Kier molecular flexibility index (Phi) is 43.3. The first kappa shape index (κ1) is 59.5. The molecule has 0 aliphatic carbocycles. The number of esters is 2. The number of aliphatic carboxylic acids is 1. The quantitative estimate of drug-likeness (QED) is 0.0195. The molecule has 0 radical (unpaired) electrons. The van der Waals surface area contributed by atoms with Gasteiger partial charge in [0.25, 0.3) is 0 Å². The molecule has 2 unspecified atom stereocenters. The van der Waals surface area contributed by atoms with Crippen molar-refractivity contribution in [3.8, 4) is 0 Å². The van der Waals surface area contributed by atoms with Crippen LogP contribution in [0.4, 0.5) is 0 Å². The molecule has 0 bridgehead atoms. The van der Waals surface area contributed by atoms with E-state index in [2.05, 4.69) is 50.3 Å². The molecule has 9 heteroatoms. The van der Waals surface area contributed by atoms with Crippen LogP contribution >= 0.6 is 0 Å². The van der Waals surface area contributed by atoms with Crippen molar-refractivity contribution in [2.45, 2.75) is 238 Å². The summed E-state index contributed by atoms with van der Waals surface area (Å²) in [5, 5.41) is 11.7. The first-order chi connectivity index (χ1) is 30.1. The first-order valence-corrected chi connectivity index (χ1v) is 25.6. The highest BCUT2D eigenvalue weighted by atomic mass is 16.7. The smallest absolute Gasteiger partial charge is 0.306 e. The molecule has 0 saturated heterocycles. The van der Waals surface area contributed by atoms with Crippen LogP contribution in [0.2, 0.25) is 0 Å². The Morgan fingerprint density at radius 2 is 0.871 bits per heavy atom. The number of ether oxygens (including phenoxy) is 4. The van der Waals surface area contributed by atoms with Crippen molar-refractivity contribution in [3.05, 3.63) is 36.5 Å². The third kappa shape index (κ3) is 45.5. The molecule has 0 saturated carbocycles. The van der Waals surface area contributed by atoms with E-state index in [1.54, 1.807) is 0 Å². The average Bonchev–Trinajstić information content (AvgIpc) is 3.23. The molecule has 0 aromatic heterocycles. The van der Waals surface area contributed by atoms with Crippen LogP contribution in [-0.2, 0) is 33.3 Å². The second kappa shape index (κ2) is 45.1. The van der Waals surface area contributed by atoms with Gasteiger partial charge >= 0.3 is 11.9 Å². The van der Waals surface area contributed by atoms with E-state index >= 15 is 0 Å². The highest BCUT2D eigenvalue weighted by Gasteiger charge is 2.22. The molecule has 0 N–H and O–H groups in total. The number of likely N-dealkylation sites (N-methyl/N-ethyl adjacent to an activating group) is 1. The maximum atomic E-state index is 12.8. The van der Waals surface area contributed by atoms with Crippen LogP contribution in [0.25, 0.3) is 0 Å². The van der Waals surface area contributed by atoms with Crippen molar-refractivity contribution < 1.29 is 42.9 Å². The van der Waals surface area contributed by atoms with Gasteiger partial charge in [0.15, 0.2) is 12.4 Å². The Balaban J connectivity index is 4.35. The highest BCUT2D eigenvalue weighted by Crippen LogP contribution is 2.15. The summed E-state index contributed by atoms with van der Waals surface area (Å²) >= 11 is 0. The van der Waals surface area contributed by atoms with E-state index in [0.717, 1.165) is 70.6 Å². The predicted octanol–water partition coefficient (Wildman–Crippen LogP) is 12.8. The van der Waals surface area contributed by atoms with E-state index in [1.807, 2.05) is 21.1 Å². The average molecular weight is 876 g/mol. The van der Waals surface area contributed by atoms with Crippen molar-refractivity contribution in [2.24, 2.45) is 0 Å². The third-order valence-electron chi connectivity index (χ3n) is 11.1. The van der Waals surface area contributed by atoms with Gasteiger partial charge in [-0.3, -0.25) is 9.59 Å². The standard InChI is InChI=1S/C53H97NO8/c1-6-8-10-12-14-16-18-20-22-24-25-26-27-28-30-32-34-36-38-40-42-44-51(56)62-49(48-61-53(52(57)58)59-46-45-54(3,4)5)47-60-50(55)43-41-39-37-35-33-31-29-23-21-19-17-15-13-11-9-7-2/h18,20,23-25,29,49,53H,6-17,19,21-22,26-28,30-48H2,1-5H3/b20-18-,25-24-,29-23-. The number of carboxylic acids is 1. The topological polar surface area (TPSA) is 111 Å². The van der Waals surface area contributed by atoms with Crippen molar-refractivity contribution in [1.29, 1.82) is 0 Å². The van der Waals surface area contributed by atoms with E-state index in [0.29, 0.717) is 17.4 Å². The van der Waals surface area contributed by atoms with Crippen LogP contribution in [0.15, 0.2) is 36.5 Å². The summed E-state index contributed by atoms with van der Waals surface area (Å²) in [5.41, 5.74) is 0. The molecule has 0 aromatic carbocycles. The number of rotatable bonds is 47. The summed E-state index contributed by atoms with van der Waals surface area (Å²) in [4.78, 5) is 37.1. The number of hydrogen-bond donors (Lipinski definition) is 0. The van der Waals surface area contributed by atoms with Gasteiger partial charge in [-0.1, -0.05) is 179 Å². The fourth-order valence-electron chi connectivity index (χ4n) is 7.09. The van der Waals surface area contributed by atoms with Gasteiger partial charge in [0.2, 0.25) is 0 Å². The van der Waals surface area contributed by atoms with E-state index < -0.39 is 24.3 Å². The largest absolute Gasteiger partial charge is 0.545 e. The second-order valence-electron chi connectivity index (χ2n) is 18.5. The Hall–Kier alpha value is -2.49. The number of carboxylic acid groups (broad SMARTS) is 1. The summed E-state index contributed by atoms with van der Waals surface area (Å²) in [7, 11) is 5.91. The third-order valence-corrected chi connectivity index (χ3v) is 11.1. The summed E-state index contributed by atoms with van der Waals surface area (Å²) in [6.45, 7) is 4.73. The van der Waals surface area contributed by atoms with Crippen LogP contribution < -0.4 is 5.11 Å². The monoisotopic (exact) mass is 876 g/mol. The van der Waals surface area contributed by atoms with E-state index in [1.165, 1.54) is 122 Å². The number of carbonyl (C=O) groups is 3. The molecule has 0 fully saturated rings. The normalized spacial score (nSPS) is 13.1. The lowest BCUT2D eigenvalue weighted by Gasteiger charge is -2.26. The minimum atomic E-state index is -1.62. The molecule has 0 aromatic rings. The molecule has 62 heavy (non-hydrogen) atoms. The van der Waals surface area contributed by atoms with Crippen LogP contribution in [0.1, 0.15) is 226 Å². The van der Waals surface area contributed by atoms with Crippen LogP contribution in [0, 0.1) is 0 Å². The van der Waals surface area contributed by atoms with Crippen molar-refractivity contribution in [2.75, 3.05) is 47.5 Å². The Bertz CT molecular complexity index is 1110. The summed E-state index contributed by atoms with van der Waals surface area (Å²) in [6, 6.07) is 0. The van der Waals surface area contributed by atoms with Crippen molar-refractivity contribution >= 4 is 17.9 Å². The number of quaternary nitrogens is 1. The van der Waals surface area contributed by atoms with Gasteiger partial charge in [0.05, 0.1) is 40.3 Å². The fourth-order valence-corrected chi connectivity index (χ4v) is 7.09. The zero-order valence-electron chi connectivity index (χ0n) is 41.0. The molecule has 0 aliphatic heterocycles. The minimum absolute atomic E-state index is 0.146. The highest BCUT2D eigenvalue weighted by molar-refractivity contribution is 5.70. The van der Waals surface area contributed by atoms with Crippen LogP contribution in [0.5, 0.6) is 0 Å². The van der Waals surface area contributed by atoms with Gasteiger partial charge in [-0.25, -0.2) is 0 Å². The molecule has 2 atom stereocenters. The predicted molar refractivity (Wildman–Crippen MR) is 256 cm³/mol. The number of hydrogen-bond acceptors (Lipinski definition) is 8. The Morgan fingerprint density at radius 3 is 1.29 bits per heavy atom. The molecule has 0 spiro atoms. The number of allylic oxidation sites excluding steroid dienone is 6. The Morgan fingerprint density at radius 1 is 0.484 bits per heavy atom. The van der Waals surface area contributed by atoms with E-state index in [4.69, 9.17) is 18.9 Å². The lowest BCUT2D eigenvalue weighted by atomic mass is 10.1. The molecule has 362 valence electrons. The van der Waals surface area contributed by atoms with Gasteiger partial charge in [-0.2, -0.15) is 0 Å². The minimum Gasteiger partial charge on any atom is -0.545 e. The molecular formula is C53H97NO8. The fraction of sp³-hybridized carbons (Fsp3) is 0.830. The van der Waals surface area contributed by atoms with Crippen molar-refractivity contribution in [3.63, 3.8) is 0 Å². The first-order valence-electron chi connectivity index (χ1n) is 25.6. The molecule has 0 heterocycles. The molecule has 0 rings (SSSR count). The van der Waals surface area contributed by atoms with E-state index in [9.17, 15) is 19.5 Å². The molecule has 0 amide bonds. The maximum absolute atomic E-state index is 12.8. The SMILES string of the molecule is CCCCCCC/C=C\C/C=C\CCCCCCCCCCCC(=O)OC(COC(=O)CCCCCCC/C=C\CCCCCCCCC)COC(OCC[N+](C)(C)C)C(=O)[O-]. The number of nitrogens with zero attached hydrogens (tertiary/aromatic N) is 1. The van der Waals surface area contributed by atoms with Gasteiger partial charge in [-0.05, 0) is 70.6 Å². The lowest BCUT2D eigenvalue weighted by molar-refractivity contribution is -0.870. The Labute approximate surface area is 381 Å². The maximum Gasteiger partial charge on any atom is 0.306 e. The number of unbranched alkanes of at least 4 members (excludes halogenated alkanes) is 26. The van der Waals surface area contributed by atoms with Gasteiger partial charge in [0, 0.05) is 12.8 Å². The molecule has 9 nitrogen and oxygen atoms in total. The summed E-state index contributed by atoms with van der Waals surface area (Å²) < 4.78 is 22.6. The van der Waals surface area contributed by atoms with Crippen LogP contribution in [0.3, 0.4) is 0 Å². The molecular weight excluding hydrogens is 779 g/mol. The zero-order valence-corrected chi connectivity index (χ0v) is 41.0. The second-order valence-corrected chi connectivity index (χ2v) is 18.5. The van der Waals surface area contributed by atoms with Crippen LogP contribution in [-0.4, -0.2) is 82.3 Å². The number of carbonyl (C=O) groups excluding carboxylic acids is 3. The van der Waals surface area contributed by atoms with Gasteiger partial charge in [0.1, 0.15) is 13.2 Å². The van der Waals surface area contributed by atoms with Gasteiger partial charge in [-0.15, -0.1) is 0 Å². The zero-order chi connectivity index (χ0) is 45.6. The summed E-state index contributed by atoms with van der Waals surface area (Å²) in [5.74, 6) is -2.29. The van der Waals surface area contributed by atoms with Crippen molar-refractivity contribution in [1.82, 2.24) is 0 Å². The lowest BCUT2D eigenvalue weighted by Crippen LogP contribution is -2.44. The van der Waals surface area contributed by atoms with E-state index in [-0.39, 0.29) is 38.6 Å². The summed E-state index contributed by atoms with van der Waals surface area (Å²) in [6.07, 6.45) is 48.9. The van der Waals surface area contributed by atoms with Gasteiger partial charge < -0.3 is 33.3 Å². The molecule has 0 aliphatic rings.